The first-order chi connectivity index (χ1) is 7.75. The van der Waals surface area contributed by atoms with E-state index < -0.39 is 11.8 Å². The first-order valence-corrected chi connectivity index (χ1v) is 4.55. The minimum atomic E-state index is -0.542. The van der Waals surface area contributed by atoms with Gasteiger partial charge in [-0.25, -0.2) is 9.18 Å². The predicted molar refractivity (Wildman–Crippen MR) is 54.4 cm³/mol. The quantitative estimate of drug-likeness (QED) is 0.722. The molecule has 3 nitrogen and oxygen atoms in total. The molecule has 0 amide bonds. The van der Waals surface area contributed by atoms with Crippen molar-refractivity contribution in [2.75, 3.05) is 0 Å². The van der Waals surface area contributed by atoms with E-state index >= 15 is 0 Å². The Morgan fingerprint density at radius 1 is 1.25 bits per heavy atom. The summed E-state index contributed by atoms with van der Waals surface area (Å²) in [5, 5.41) is 0. The van der Waals surface area contributed by atoms with Crippen LogP contribution in [0.5, 0.6) is 5.75 Å². The van der Waals surface area contributed by atoms with E-state index in [-0.39, 0.29) is 0 Å². The van der Waals surface area contributed by atoms with E-state index in [0.29, 0.717) is 11.3 Å². The monoisotopic (exact) mass is 216 g/mol. The van der Waals surface area contributed by atoms with Gasteiger partial charge >= 0.3 is 5.97 Å². The lowest BCUT2D eigenvalue weighted by Crippen LogP contribution is -2.08. The van der Waals surface area contributed by atoms with Gasteiger partial charge in [0.25, 0.3) is 0 Å². The van der Waals surface area contributed by atoms with Gasteiger partial charge in [0.05, 0.1) is 11.8 Å². The van der Waals surface area contributed by atoms with Crippen LogP contribution in [0.3, 0.4) is 0 Å². The number of carbonyl (C=O) groups excluding carboxylic acids is 1. The summed E-state index contributed by atoms with van der Waals surface area (Å²) in [6.07, 6.45) is 4.01. The van der Waals surface area contributed by atoms with Gasteiger partial charge in [0.1, 0.15) is 11.6 Å². The number of carbonyl (C=O) groups is 1. The summed E-state index contributed by atoms with van der Waals surface area (Å²) in [5.41, 5.74) is 0.290. The highest BCUT2D eigenvalue weighted by atomic mass is 19.1. The number of benzene rings is 1. The molecule has 2 aromatic rings. The molecular weight excluding hydrogens is 209 g/mol. The van der Waals surface area contributed by atoms with E-state index in [1.54, 1.807) is 0 Å². The molecule has 1 radical (unpaired) electrons. The minimum absolute atomic E-state index is 0.290. The van der Waals surface area contributed by atoms with Crippen molar-refractivity contribution in [1.82, 2.24) is 4.98 Å². The van der Waals surface area contributed by atoms with Crippen LogP contribution in [-0.2, 0) is 0 Å². The van der Waals surface area contributed by atoms with Gasteiger partial charge in [-0.3, -0.25) is 4.98 Å². The van der Waals surface area contributed by atoms with Crippen molar-refractivity contribution < 1.29 is 13.9 Å². The second kappa shape index (κ2) is 4.53. The van der Waals surface area contributed by atoms with E-state index in [1.165, 1.54) is 42.6 Å². The van der Waals surface area contributed by atoms with Crippen LogP contribution in [0.1, 0.15) is 10.4 Å². The fourth-order valence-corrected chi connectivity index (χ4v) is 1.12. The Morgan fingerprint density at radius 2 is 2.00 bits per heavy atom. The number of halogens is 1. The summed E-state index contributed by atoms with van der Waals surface area (Å²) >= 11 is 0. The van der Waals surface area contributed by atoms with Crippen LogP contribution >= 0.6 is 0 Å². The fourth-order valence-electron chi connectivity index (χ4n) is 1.12. The number of esters is 1. The Labute approximate surface area is 91.5 Å². The van der Waals surface area contributed by atoms with Gasteiger partial charge in [0.15, 0.2) is 0 Å². The number of ether oxygens (including phenoxy) is 1. The Kier molecular flexibility index (Phi) is 2.91. The number of rotatable bonds is 2. The highest BCUT2D eigenvalue weighted by molar-refractivity contribution is 5.90. The summed E-state index contributed by atoms with van der Waals surface area (Å²) in [6.45, 7) is 0. The van der Waals surface area contributed by atoms with Crippen molar-refractivity contribution >= 4 is 5.97 Å². The molecule has 0 aliphatic rings. The molecule has 4 heteroatoms. The molecule has 0 fully saturated rings. The van der Waals surface area contributed by atoms with Gasteiger partial charge in [-0.05, 0) is 30.3 Å². The summed E-state index contributed by atoms with van der Waals surface area (Å²) in [6, 6.07) is 8.12. The Morgan fingerprint density at radius 3 is 2.62 bits per heavy atom. The zero-order valence-electron chi connectivity index (χ0n) is 8.18. The van der Waals surface area contributed by atoms with Crippen molar-refractivity contribution in [3.63, 3.8) is 0 Å². The lowest BCUT2D eigenvalue weighted by Gasteiger charge is -2.02. The van der Waals surface area contributed by atoms with Crippen molar-refractivity contribution in [1.29, 1.82) is 0 Å². The van der Waals surface area contributed by atoms with Gasteiger partial charge in [-0.15, -0.1) is 0 Å². The maximum Gasteiger partial charge on any atom is 0.343 e. The van der Waals surface area contributed by atoms with Crippen LogP contribution < -0.4 is 4.74 Å². The molecule has 0 atom stereocenters. The molecule has 0 saturated heterocycles. The van der Waals surface area contributed by atoms with E-state index in [1.807, 2.05) is 0 Å². The maximum absolute atomic E-state index is 12.6. The minimum Gasteiger partial charge on any atom is -0.423 e. The highest BCUT2D eigenvalue weighted by Gasteiger charge is 2.07. The van der Waals surface area contributed by atoms with Crippen LogP contribution in [0.2, 0.25) is 0 Å². The smallest absolute Gasteiger partial charge is 0.343 e. The van der Waals surface area contributed by atoms with Crippen molar-refractivity contribution in [3.05, 3.63) is 60.2 Å². The number of hydrogen-bond donors (Lipinski definition) is 0. The van der Waals surface area contributed by atoms with E-state index in [4.69, 9.17) is 4.74 Å². The predicted octanol–water partition coefficient (Wildman–Crippen LogP) is 2.24. The van der Waals surface area contributed by atoms with E-state index in [0.717, 1.165) is 0 Å². The van der Waals surface area contributed by atoms with Gasteiger partial charge in [-0.2, -0.15) is 0 Å². The van der Waals surface area contributed by atoms with Crippen LogP contribution in [0.25, 0.3) is 0 Å². The number of pyridine rings is 1. The molecule has 0 saturated carbocycles. The molecule has 0 aliphatic heterocycles. The van der Waals surface area contributed by atoms with Gasteiger partial charge < -0.3 is 4.74 Å². The lowest BCUT2D eigenvalue weighted by molar-refractivity contribution is 0.0734. The molecule has 16 heavy (non-hydrogen) atoms. The standard InChI is InChI=1S/C12H7FNO2/c13-10-3-1-9(2-4-10)12(15)16-11-5-7-14-8-6-11/h1-7H. The maximum atomic E-state index is 12.6. The number of hydrogen-bond acceptors (Lipinski definition) is 3. The fraction of sp³-hybridized carbons (Fsp3) is 0. The highest BCUT2D eigenvalue weighted by Crippen LogP contribution is 2.10. The Hall–Kier alpha value is -2.23. The number of nitrogens with zero attached hydrogens (tertiary/aromatic N) is 1. The van der Waals surface area contributed by atoms with Crippen LogP contribution in [-0.4, -0.2) is 11.0 Å². The second-order valence-corrected chi connectivity index (χ2v) is 3.02. The molecule has 1 aromatic carbocycles. The molecule has 0 bridgehead atoms. The average Bonchev–Trinajstić information content (AvgIpc) is 2.31. The van der Waals surface area contributed by atoms with Crippen LogP contribution in [0, 0.1) is 12.0 Å². The molecular formula is C12H7FNO2. The summed E-state index contributed by atoms with van der Waals surface area (Å²) in [7, 11) is 0. The first kappa shape index (κ1) is 10.3. The van der Waals surface area contributed by atoms with Crippen LogP contribution in [0.4, 0.5) is 4.39 Å². The molecule has 0 aliphatic carbocycles. The average molecular weight is 216 g/mol. The molecule has 0 N–H and O–H groups in total. The lowest BCUT2D eigenvalue weighted by atomic mass is 10.2. The molecule has 1 heterocycles. The summed E-state index contributed by atoms with van der Waals surface area (Å²) in [4.78, 5) is 15.2. The van der Waals surface area contributed by atoms with E-state index in [9.17, 15) is 9.18 Å². The third-order valence-electron chi connectivity index (χ3n) is 1.89. The first-order valence-electron chi connectivity index (χ1n) is 4.55. The topological polar surface area (TPSA) is 39.2 Å². The van der Waals surface area contributed by atoms with Gasteiger partial charge in [-0.1, -0.05) is 0 Å². The van der Waals surface area contributed by atoms with Crippen molar-refractivity contribution in [2.45, 2.75) is 0 Å². The summed E-state index contributed by atoms with van der Waals surface area (Å²) < 4.78 is 17.6. The largest absolute Gasteiger partial charge is 0.423 e. The Bertz CT molecular complexity index is 482. The van der Waals surface area contributed by atoms with Crippen molar-refractivity contribution in [2.24, 2.45) is 0 Å². The van der Waals surface area contributed by atoms with Crippen molar-refractivity contribution in [3.8, 4) is 5.75 Å². The normalized spacial score (nSPS) is 9.81. The zero-order valence-corrected chi connectivity index (χ0v) is 8.18. The molecule has 1 aromatic heterocycles. The van der Waals surface area contributed by atoms with Gasteiger partial charge in [0.2, 0.25) is 0 Å². The molecule has 2 rings (SSSR count). The SMILES string of the molecule is O=C(Oc1c[c]ncc1)c1ccc(F)cc1. The molecule has 79 valence electrons. The van der Waals surface area contributed by atoms with E-state index in [2.05, 4.69) is 11.2 Å². The zero-order chi connectivity index (χ0) is 11.4. The third-order valence-corrected chi connectivity index (χ3v) is 1.89. The molecule has 0 unspecified atom stereocenters. The van der Waals surface area contributed by atoms with Gasteiger partial charge in [0, 0.05) is 12.3 Å². The van der Waals surface area contributed by atoms with Crippen LogP contribution in [0.15, 0.2) is 42.6 Å². The summed E-state index contributed by atoms with van der Waals surface area (Å²) in [5.74, 6) is -0.585. The third kappa shape index (κ3) is 2.42. The Balaban J connectivity index is 2.12. The molecule has 0 spiro atoms. The second-order valence-electron chi connectivity index (χ2n) is 3.02. The number of aromatic nitrogens is 1.